The van der Waals surface area contributed by atoms with Crippen molar-refractivity contribution in [1.82, 2.24) is 15.2 Å². The van der Waals surface area contributed by atoms with Crippen molar-refractivity contribution < 1.29 is 10.2 Å². The minimum absolute atomic E-state index is 0.0299. The Kier molecular flexibility index (Phi) is 4.01. The average molecular weight is 216 g/mol. The molecule has 8 heteroatoms. The molecule has 0 spiro atoms. The summed E-state index contributed by atoms with van der Waals surface area (Å²) in [6, 6.07) is 0. The topological polar surface area (TPSA) is 122 Å². The fourth-order valence-corrected chi connectivity index (χ4v) is 1.12. The van der Waals surface area contributed by atoms with Gasteiger partial charge in [-0.25, -0.2) is 9.89 Å². The molecule has 15 heavy (non-hydrogen) atoms. The first-order valence-corrected chi connectivity index (χ1v) is 4.34. The molecule has 1 heterocycles. The Balaban J connectivity index is 3.00. The van der Waals surface area contributed by atoms with Crippen LogP contribution in [0.15, 0.2) is 9.59 Å². The van der Waals surface area contributed by atoms with Crippen molar-refractivity contribution >= 4 is 5.82 Å². The monoisotopic (exact) mass is 216 g/mol. The average Bonchev–Trinajstić information content (AvgIpc) is 2.17. The summed E-state index contributed by atoms with van der Waals surface area (Å²) in [6.45, 7) is -0.0497. The standard InChI is InChI=1S/C7H12N4O4/c12-3-1-11(2-4-13)5-6(14)8-7(15)10-9-5/h12-13H,1-4H2,(H2,8,10,14,15). The zero-order chi connectivity index (χ0) is 11.3. The van der Waals surface area contributed by atoms with E-state index in [1.165, 1.54) is 4.90 Å². The zero-order valence-corrected chi connectivity index (χ0v) is 7.93. The number of hydrogen-bond acceptors (Lipinski definition) is 6. The molecule has 1 rings (SSSR count). The first-order valence-electron chi connectivity index (χ1n) is 4.34. The number of aliphatic hydroxyl groups is 2. The van der Waals surface area contributed by atoms with Crippen molar-refractivity contribution in [3.8, 4) is 0 Å². The smallest absolute Gasteiger partial charge is 0.342 e. The van der Waals surface area contributed by atoms with Gasteiger partial charge in [0.2, 0.25) is 5.82 Å². The highest BCUT2D eigenvalue weighted by molar-refractivity contribution is 5.33. The minimum Gasteiger partial charge on any atom is -0.395 e. The van der Waals surface area contributed by atoms with Gasteiger partial charge < -0.3 is 15.1 Å². The molecule has 0 bridgehead atoms. The van der Waals surface area contributed by atoms with Crippen LogP contribution in [0.5, 0.6) is 0 Å². The quantitative estimate of drug-likeness (QED) is 0.423. The summed E-state index contributed by atoms with van der Waals surface area (Å²) in [4.78, 5) is 25.3. The summed E-state index contributed by atoms with van der Waals surface area (Å²) in [6.07, 6.45) is 0. The molecular formula is C7H12N4O4. The summed E-state index contributed by atoms with van der Waals surface area (Å²) in [5.74, 6) is -0.0299. The maximum Gasteiger partial charge on any atom is 0.342 e. The molecule has 8 nitrogen and oxygen atoms in total. The molecule has 0 saturated heterocycles. The van der Waals surface area contributed by atoms with Crippen molar-refractivity contribution in [2.24, 2.45) is 0 Å². The van der Waals surface area contributed by atoms with E-state index >= 15 is 0 Å². The number of aromatic amines is 2. The van der Waals surface area contributed by atoms with Gasteiger partial charge in [0, 0.05) is 13.1 Å². The third-order valence-electron chi connectivity index (χ3n) is 1.73. The number of hydrogen-bond donors (Lipinski definition) is 4. The number of anilines is 1. The van der Waals surface area contributed by atoms with Crippen LogP contribution >= 0.6 is 0 Å². The Morgan fingerprint density at radius 2 is 1.80 bits per heavy atom. The summed E-state index contributed by atoms with van der Waals surface area (Å²) in [5, 5.41) is 23.1. The molecule has 1 aromatic heterocycles. The van der Waals surface area contributed by atoms with Crippen LogP contribution in [0.4, 0.5) is 5.82 Å². The van der Waals surface area contributed by atoms with Crippen LogP contribution in [-0.2, 0) is 0 Å². The fraction of sp³-hybridized carbons (Fsp3) is 0.571. The Labute approximate surface area is 84.2 Å². The lowest BCUT2D eigenvalue weighted by Crippen LogP contribution is -2.37. The number of nitrogens with zero attached hydrogens (tertiary/aromatic N) is 2. The van der Waals surface area contributed by atoms with Crippen LogP contribution in [0, 0.1) is 0 Å². The third-order valence-corrected chi connectivity index (χ3v) is 1.73. The van der Waals surface area contributed by atoms with Crippen LogP contribution in [-0.4, -0.2) is 51.7 Å². The van der Waals surface area contributed by atoms with Crippen LogP contribution in [0.3, 0.4) is 0 Å². The van der Waals surface area contributed by atoms with E-state index in [0.29, 0.717) is 0 Å². The van der Waals surface area contributed by atoms with Gasteiger partial charge >= 0.3 is 5.69 Å². The van der Waals surface area contributed by atoms with Gasteiger partial charge in [-0.2, -0.15) is 0 Å². The number of aliphatic hydroxyl groups excluding tert-OH is 2. The number of nitrogens with one attached hydrogen (secondary N) is 2. The van der Waals surface area contributed by atoms with E-state index < -0.39 is 11.2 Å². The Morgan fingerprint density at radius 3 is 2.27 bits per heavy atom. The molecule has 84 valence electrons. The van der Waals surface area contributed by atoms with Gasteiger partial charge in [-0.1, -0.05) is 0 Å². The molecule has 0 atom stereocenters. The maximum atomic E-state index is 11.3. The van der Waals surface area contributed by atoms with Gasteiger partial charge in [0.1, 0.15) is 0 Å². The molecule has 0 unspecified atom stereocenters. The van der Waals surface area contributed by atoms with Gasteiger partial charge in [0.25, 0.3) is 5.56 Å². The van der Waals surface area contributed by atoms with Crippen molar-refractivity contribution in [2.45, 2.75) is 0 Å². The Bertz CT molecular complexity index is 406. The molecular weight excluding hydrogens is 204 g/mol. The number of rotatable bonds is 5. The van der Waals surface area contributed by atoms with Crippen LogP contribution in [0.1, 0.15) is 0 Å². The Morgan fingerprint density at radius 1 is 1.20 bits per heavy atom. The lowest BCUT2D eigenvalue weighted by Gasteiger charge is -2.19. The number of aromatic nitrogens is 3. The summed E-state index contributed by atoms with van der Waals surface area (Å²) in [7, 11) is 0. The Hall–Kier alpha value is -1.67. The second kappa shape index (κ2) is 5.27. The summed E-state index contributed by atoms with van der Waals surface area (Å²) < 4.78 is 0. The largest absolute Gasteiger partial charge is 0.395 e. The zero-order valence-electron chi connectivity index (χ0n) is 7.93. The van der Waals surface area contributed by atoms with Crippen LogP contribution < -0.4 is 16.1 Å². The van der Waals surface area contributed by atoms with Crippen LogP contribution in [0.2, 0.25) is 0 Å². The SMILES string of the molecule is O=c1[nH]nc(N(CCO)CCO)c(=O)[nH]1. The van der Waals surface area contributed by atoms with E-state index in [-0.39, 0.29) is 32.1 Å². The minimum atomic E-state index is -0.698. The van der Waals surface area contributed by atoms with Crippen molar-refractivity contribution in [3.63, 3.8) is 0 Å². The fourth-order valence-electron chi connectivity index (χ4n) is 1.12. The van der Waals surface area contributed by atoms with E-state index in [1.807, 2.05) is 4.98 Å². The van der Waals surface area contributed by atoms with Crippen molar-refractivity contribution in [2.75, 3.05) is 31.2 Å². The van der Waals surface area contributed by atoms with Gasteiger partial charge in [-0.3, -0.25) is 9.78 Å². The van der Waals surface area contributed by atoms with E-state index in [1.54, 1.807) is 0 Å². The van der Waals surface area contributed by atoms with E-state index in [9.17, 15) is 9.59 Å². The molecule has 4 N–H and O–H groups in total. The van der Waals surface area contributed by atoms with Gasteiger partial charge in [0.05, 0.1) is 13.2 Å². The maximum absolute atomic E-state index is 11.3. The first kappa shape index (κ1) is 11.4. The number of H-pyrrole nitrogens is 2. The molecule has 0 saturated carbocycles. The second-order valence-corrected chi connectivity index (χ2v) is 2.76. The van der Waals surface area contributed by atoms with Gasteiger partial charge in [-0.15, -0.1) is 5.10 Å². The molecule has 0 aliphatic rings. The second-order valence-electron chi connectivity index (χ2n) is 2.76. The van der Waals surface area contributed by atoms with Crippen molar-refractivity contribution in [3.05, 3.63) is 20.8 Å². The summed E-state index contributed by atoms with van der Waals surface area (Å²) in [5.41, 5.74) is -1.35. The first-order chi connectivity index (χ1) is 7.19. The molecule has 0 radical (unpaired) electrons. The molecule has 0 aliphatic heterocycles. The van der Waals surface area contributed by atoms with Gasteiger partial charge in [0.15, 0.2) is 0 Å². The highest BCUT2D eigenvalue weighted by Gasteiger charge is 2.11. The lowest BCUT2D eigenvalue weighted by molar-refractivity contribution is 0.280. The predicted molar refractivity (Wildman–Crippen MR) is 51.9 cm³/mol. The van der Waals surface area contributed by atoms with Crippen LogP contribution in [0.25, 0.3) is 0 Å². The molecule has 0 aromatic carbocycles. The van der Waals surface area contributed by atoms with E-state index in [4.69, 9.17) is 10.2 Å². The predicted octanol–water partition coefficient (Wildman–Crippen LogP) is -2.75. The van der Waals surface area contributed by atoms with E-state index in [0.717, 1.165) is 0 Å². The highest BCUT2D eigenvalue weighted by atomic mass is 16.3. The van der Waals surface area contributed by atoms with E-state index in [2.05, 4.69) is 10.2 Å². The molecule has 0 fully saturated rings. The molecule has 0 amide bonds. The van der Waals surface area contributed by atoms with Crippen molar-refractivity contribution in [1.29, 1.82) is 0 Å². The normalized spacial score (nSPS) is 10.3. The van der Waals surface area contributed by atoms with Gasteiger partial charge in [-0.05, 0) is 0 Å². The molecule has 1 aromatic rings. The lowest BCUT2D eigenvalue weighted by atomic mass is 10.4. The molecule has 0 aliphatic carbocycles. The highest BCUT2D eigenvalue weighted by Crippen LogP contribution is 1.98. The summed E-state index contributed by atoms with van der Waals surface area (Å²) >= 11 is 0. The third kappa shape index (κ3) is 2.89.